The van der Waals surface area contributed by atoms with Gasteiger partial charge in [0.25, 0.3) is 0 Å². The van der Waals surface area contributed by atoms with Gasteiger partial charge in [0.15, 0.2) is 0 Å². The number of nitrogens with one attached hydrogen (secondary N) is 2. The lowest BCUT2D eigenvalue weighted by molar-refractivity contribution is 0.178. The highest BCUT2D eigenvalue weighted by molar-refractivity contribution is 5.75. The van der Waals surface area contributed by atoms with Crippen LogP contribution in [0.4, 0.5) is 4.79 Å². The van der Waals surface area contributed by atoms with Crippen molar-refractivity contribution in [1.29, 1.82) is 0 Å². The maximum absolute atomic E-state index is 11.9. The predicted octanol–water partition coefficient (Wildman–Crippen LogP) is 1.75. The topological polar surface area (TPSA) is 67.1 Å². The molecule has 17 heavy (non-hydrogen) atoms. The molecule has 2 saturated carbocycles. The quantitative estimate of drug-likeness (QED) is 0.702. The molecule has 2 rings (SSSR count). The van der Waals surface area contributed by atoms with Gasteiger partial charge in [-0.15, -0.1) is 0 Å². The predicted molar refractivity (Wildman–Crippen MR) is 68.7 cm³/mol. The standard InChI is InChI=1S/C13H25N3O/c1-10-4-3-7-13(8-10,9-14)16-12(17)15-11-5-2-6-11/h10-11H,2-9,14H2,1H3,(H2,15,16,17). The molecular weight excluding hydrogens is 214 g/mol. The van der Waals surface area contributed by atoms with E-state index in [0.717, 1.165) is 25.7 Å². The maximum Gasteiger partial charge on any atom is 0.315 e. The van der Waals surface area contributed by atoms with Gasteiger partial charge in [-0.25, -0.2) is 4.79 Å². The van der Waals surface area contributed by atoms with Crippen LogP contribution in [-0.2, 0) is 0 Å². The fourth-order valence-electron chi connectivity index (χ4n) is 3.02. The zero-order chi connectivity index (χ0) is 12.3. The van der Waals surface area contributed by atoms with Gasteiger partial charge in [-0.3, -0.25) is 0 Å². The van der Waals surface area contributed by atoms with Gasteiger partial charge in [0.2, 0.25) is 0 Å². The molecule has 0 spiro atoms. The Hall–Kier alpha value is -0.770. The minimum Gasteiger partial charge on any atom is -0.335 e. The number of carbonyl (C=O) groups is 1. The SMILES string of the molecule is CC1CCCC(CN)(NC(=O)NC2CCC2)C1. The first-order valence-corrected chi connectivity index (χ1v) is 6.92. The van der Waals surface area contributed by atoms with Gasteiger partial charge in [-0.05, 0) is 38.0 Å². The smallest absolute Gasteiger partial charge is 0.315 e. The Labute approximate surface area is 104 Å². The van der Waals surface area contributed by atoms with Crippen molar-refractivity contribution in [2.75, 3.05) is 6.54 Å². The van der Waals surface area contributed by atoms with E-state index in [-0.39, 0.29) is 11.6 Å². The third kappa shape index (κ3) is 3.12. The van der Waals surface area contributed by atoms with E-state index >= 15 is 0 Å². The molecule has 0 bridgehead atoms. The fraction of sp³-hybridized carbons (Fsp3) is 0.923. The third-order valence-electron chi connectivity index (χ3n) is 4.30. The number of nitrogens with two attached hydrogens (primary N) is 1. The number of carbonyl (C=O) groups excluding carboxylic acids is 1. The van der Waals surface area contributed by atoms with Crippen LogP contribution in [0.15, 0.2) is 0 Å². The molecule has 2 unspecified atom stereocenters. The minimum atomic E-state index is -0.161. The van der Waals surface area contributed by atoms with Gasteiger partial charge in [0.1, 0.15) is 0 Å². The van der Waals surface area contributed by atoms with Gasteiger partial charge in [-0.1, -0.05) is 19.8 Å². The molecule has 0 heterocycles. The first kappa shape index (κ1) is 12.7. The van der Waals surface area contributed by atoms with Crippen molar-refractivity contribution in [3.05, 3.63) is 0 Å². The largest absolute Gasteiger partial charge is 0.335 e. The Morgan fingerprint density at radius 3 is 2.65 bits per heavy atom. The van der Waals surface area contributed by atoms with E-state index < -0.39 is 0 Å². The summed E-state index contributed by atoms with van der Waals surface area (Å²) >= 11 is 0. The van der Waals surface area contributed by atoms with Crippen LogP contribution >= 0.6 is 0 Å². The van der Waals surface area contributed by atoms with E-state index in [4.69, 9.17) is 5.73 Å². The molecule has 2 fully saturated rings. The van der Waals surface area contributed by atoms with Gasteiger partial charge in [0, 0.05) is 12.6 Å². The highest BCUT2D eigenvalue weighted by Crippen LogP contribution is 2.31. The number of amides is 2. The number of rotatable bonds is 3. The molecule has 0 saturated heterocycles. The molecule has 0 radical (unpaired) electrons. The second kappa shape index (κ2) is 5.25. The van der Waals surface area contributed by atoms with Crippen LogP contribution in [0.5, 0.6) is 0 Å². The van der Waals surface area contributed by atoms with Gasteiger partial charge in [-0.2, -0.15) is 0 Å². The molecule has 0 aromatic heterocycles. The number of urea groups is 1. The van der Waals surface area contributed by atoms with E-state index in [1.165, 1.54) is 19.3 Å². The van der Waals surface area contributed by atoms with E-state index in [1.54, 1.807) is 0 Å². The average molecular weight is 239 g/mol. The van der Waals surface area contributed by atoms with Gasteiger partial charge in [0.05, 0.1) is 5.54 Å². The van der Waals surface area contributed by atoms with Crippen molar-refractivity contribution >= 4 is 6.03 Å². The molecule has 4 heteroatoms. The minimum absolute atomic E-state index is 0.0192. The van der Waals surface area contributed by atoms with Crippen molar-refractivity contribution in [3.8, 4) is 0 Å². The van der Waals surface area contributed by atoms with E-state index in [9.17, 15) is 4.79 Å². The summed E-state index contributed by atoms with van der Waals surface area (Å²) in [5.74, 6) is 0.663. The molecule has 0 aromatic rings. The molecule has 4 N–H and O–H groups in total. The zero-order valence-corrected chi connectivity index (χ0v) is 10.8. The molecule has 2 aliphatic carbocycles. The Bertz CT molecular complexity index is 278. The second-order valence-corrected chi connectivity index (χ2v) is 5.91. The highest BCUT2D eigenvalue weighted by Gasteiger charge is 2.35. The molecule has 0 aliphatic heterocycles. The summed E-state index contributed by atoms with van der Waals surface area (Å²) in [6.07, 6.45) is 7.95. The molecular formula is C13H25N3O. The van der Waals surface area contributed by atoms with Gasteiger partial charge >= 0.3 is 6.03 Å². The van der Waals surface area contributed by atoms with Crippen LogP contribution in [0.25, 0.3) is 0 Å². The van der Waals surface area contributed by atoms with Crippen LogP contribution in [0.2, 0.25) is 0 Å². The summed E-state index contributed by atoms with van der Waals surface area (Å²) in [7, 11) is 0. The second-order valence-electron chi connectivity index (χ2n) is 5.91. The average Bonchev–Trinajstić information content (AvgIpc) is 2.23. The van der Waals surface area contributed by atoms with Crippen LogP contribution < -0.4 is 16.4 Å². The maximum atomic E-state index is 11.9. The molecule has 0 aromatic carbocycles. The van der Waals surface area contributed by atoms with Crippen molar-refractivity contribution in [2.24, 2.45) is 11.7 Å². The Balaban J connectivity index is 1.86. The summed E-state index contributed by atoms with van der Waals surface area (Å²) in [6, 6.07) is 0.375. The Morgan fingerprint density at radius 1 is 1.35 bits per heavy atom. The van der Waals surface area contributed by atoms with Crippen molar-refractivity contribution in [2.45, 2.75) is 63.5 Å². The monoisotopic (exact) mass is 239 g/mol. The lowest BCUT2D eigenvalue weighted by atomic mass is 9.76. The highest BCUT2D eigenvalue weighted by atomic mass is 16.2. The van der Waals surface area contributed by atoms with Crippen LogP contribution in [0, 0.1) is 5.92 Å². The fourth-order valence-corrected chi connectivity index (χ4v) is 3.02. The van der Waals surface area contributed by atoms with Crippen LogP contribution in [0.3, 0.4) is 0 Å². The first-order chi connectivity index (χ1) is 8.13. The van der Waals surface area contributed by atoms with E-state index in [0.29, 0.717) is 18.5 Å². The summed E-state index contributed by atoms with van der Waals surface area (Å²) < 4.78 is 0. The summed E-state index contributed by atoms with van der Waals surface area (Å²) in [4.78, 5) is 11.9. The lowest BCUT2D eigenvalue weighted by Crippen LogP contribution is -2.59. The van der Waals surface area contributed by atoms with Crippen molar-refractivity contribution in [3.63, 3.8) is 0 Å². The lowest BCUT2D eigenvalue weighted by Gasteiger charge is -2.40. The van der Waals surface area contributed by atoms with Gasteiger partial charge < -0.3 is 16.4 Å². The summed E-state index contributed by atoms with van der Waals surface area (Å²) in [5, 5.41) is 6.17. The first-order valence-electron chi connectivity index (χ1n) is 6.92. The zero-order valence-electron chi connectivity index (χ0n) is 10.8. The molecule has 2 amide bonds. The number of hydrogen-bond acceptors (Lipinski definition) is 2. The van der Waals surface area contributed by atoms with Crippen molar-refractivity contribution in [1.82, 2.24) is 10.6 Å². The Morgan fingerprint density at radius 2 is 2.12 bits per heavy atom. The molecule has 2 atom stereocenters. The van der Waals surface area contributed by atoms with E-state index in [2.05, 4.69) is 17.6 Å². The summed E-state index contributed by atoms with van der Waals surface area (Å²) in [5.41, 5.74) is 5.72. The molecule has 98 valence electrons. The van der Waals surface area contributed by atoms with E-state index in [1.807, 2.05) is 0 Å². The summed E-state index contributed by atoms with van der Waals surface area (Å²) in [6.45, 7) is 2.80. The van der Waals surface area contributed by atoms with Crippen LogP contribution in [-0.4, -0.2) is 24.2 Å². The molecule has 4 nitrogen and oxygen atoms in total. The van der Waals surface area contributed by atoms with Crippen molar-refractivity contribution < 1.29 is 4.79 Å². The third-order valence-corrected chi connectivity index (χ3v) is 4.30. The Kier molecular flexibility index (Phi) is 3.92. The number of hydrogen-bond donors (Lipinski definition) is 3. The van der Waals surface area contributed by atoms with Crippen LogP contribution in [0.1, 0.15) is 51.9 Å². The molecule has 2 aliphatic rings. The normalized spacial score (nSPS) is 33.9.